The average Bonchev–Trinajstić information content (AvgIpc) is 3.18. The number of carbonyl (C=O) groups excluding carboxylic acids is 2. The van der Waals surface area contributed by atoms with Gasteiger partial charge in [0.25, 0.3) is 0 Å². The maximum Gasteiger partial charge on any atom is 0.425 e. The molecule has 5 aromatic rings. The SMILES string of the molecule is COc1cc(CC(=O)c2cccc(C(F)(F)F)c2)cc(OC(=O)N(c2ccnc(Nc3ccc(N4CCN(C)CC4)cc3)n2)c2ccc(OC)cc2OC)c1. The molecule has 286 valence electrons. The molecule has 0 aliphatic carbocycles. The number of ketones is 1. The summed E-state index contributed by atoms with van der Waals surface area (Å²) in [6.07, 6.45) is -4.32. The maximum absolute atomic E-state index is 14.2. The summed E-state index contributed by atoms with van der Waals surface area (Å²) in [7, 11) is 6.44. The number of carbonyl (C=O) groups is 2. The van der Waals surface area contributed by atoms with Crippen LogP contribution in [0.2, 0.25) is 0 Å². The molecule has 4 aromatic carbocycles. The van der Waals surface area contributed by atoms with Crippen molar-refractivity contribution >= 4 is 40.7 Å². The molecule has 1 saturated heterocycles. The fourth-order valence-corrected chi connectivity index (χ4v) is 5.98. The number of nitrogens with one attached hydrogen (secondary N) is 1. The van der Waals surface area contributed by atoms with Crippen molar-refractivity contribution in [1.29, 1.82) is 0 Å². The molecule has 0 unspecified atom stereocenters. The number of Topliss-reactive ketones (excluding diaryl/α,β-unsaturated/α-hetero) is 1. The summed E-state index contributed by atoms with van der Waals surface area (Å²) in [4.78, 5) is 42.2. The number of benzene rings is 4. The van der Waals surface area contributed by atoms with Crippen molar-refractivity contribution in [2.24, 2.45) is 0 Å². The summed E-state index contributed by atoms with van der Waals surface area (Å²) in [6.45, 7) is 3.84. The van der Waals surface area contributed by atoms with Crippen molar-refractivity contribution in [2.45, 2.75) is 12.6 Å². The monoisotopic (exact) mass is 756 g/mol. The highest BCUT2D eigenvalue weighted by Gasteiger charge is 2.31. The molecular weight excluding hydrogens is 717 g/mol. The molecule has 1 amide bonds. The summed E-state index contributed by atoms with van der Waals surface area (Å²) >= 11 is 0. The van der Waals surface area contributed by atoms with Crippen molar-refractivity contribution in [3.8, 4) is 23.0 Å². The average molecular weight is 757 g/mol. The zero-order valence-corrected chi connectivity index (χ0v) is 30.6. The third-order valence-electron chi connectivity index (χ3n) is 8.93. The van der Waals surface area contributed by atoms with E-state index in [1.165, 1.54) is 68.8 Å². The van der Waals surface area contributed by atoms with Crippen LogP contribution in [0.25, 0.3) is 0 Å². The first-order valence-corrected chi connectivity index (χ1v) is 17.2. The van der Waals surface area contributed by atoms with Gasteiger partial charge in [0.05, 0.1) is 32.6 Å². The van der Waals surface area contributed by atoms with E-state index in [9.17, 15) is 22.8 Å². The molecule has 0 spiro atoms. The van der Waals surface area contributed by atoms with Gasteiger partial charge in [-0.3, -0.25) is 4.79 Å². The van der Waals surface area contributed by atoms with Gasteiger partial charge >= 0.3 is 12.3 Å². The topological polar surface area (TPSA) is 119 Å². The minimum Gasteiger partial charge on any atom is -0.497 e. The Labute approximate surface area is 316 Å². The quantitative estimate of drug-likeness (QED) is 0.126. The molecule has 1 aliphatic heterocycles. The Morgan fingerprint density at radius 3 is 2.24 bits per heavy atom. The fraction of sp³-hybridized carbons (Fsp3) is 0.250. The van der Waals surface area contributed by atoms with Crippen molar-refractivity contribution in [3.63, 3.8) is 0 Å². The molecular formula is C40H39F3N6O6. The van der Waals surface area contributed by atoms with Gasteiger partial charge in [0, 0.05) is 73.9 Å². The number of likely N-dealkylation sites (N-methyl/N-ethyl adjacent to an activating group) is 1. The molecule has 0 atom stereocenters. The van der Waals surface area contributed by atoms with E-state index in [1.807, 2.05) is 24.3 Å². The summed E-state index contributed by atoms with van der Waals surface area (Å²) in [5.74, 6) is 0.745. The van der Waals surface area contributed by atoms with E-state index < -0.39 is 23.6 Å². The van der Waals surface area contributed by atoms with Gasteiger partial charge in [-0.2, -0.15) is 18.2 Å². The second kappa shape index (κ2) is 16.8. The second-order valence-electron chi connectivity index (χ2n) is 12.6. The highest BCUT2D eigenvalue weighted by atomic mass is 19.4. The van der Waals surface area contributed by atoms with E-state index in [-0.39, 0.29) is 46.7 Å². The Kier molecular flexibility index (Phi) is 11.7. The second-order valence-corrected chi connectivity index (χ2v) is 12.6. The zero-order valence-electron chi connectivity index (χ0n) is 30.6. The Hall–Kier alpha value is -6.35. The number of amides is 1. The van der Waals surface area contributed by atoms with Crippen molar-refractivity contribution < 1.29 is 41.7 Å². The minimum atomic E-state index is -4.61. The zero-order chi connectivity index (χ0) is 39.1. The normalized spacial score (nSPS) is 13.2. The van der Waals surface area contributed by atoms with Crippen LogP contribution in [-0.4, -0.2) is 81.3 Å². The van der Waals surface area contributed by atoms with Crippen LogP contribution in [0.1, 0.15) is 21.5 Å². The Bertz CT molecular complexity index is 2140. The van der Waals surface area contributed by atoms with Crippen molar-refractivity contribution in [2.75, 3.05) is 69.7 Å². The number of aromatic nitrogens is 2. The van der Waals surface area contributed by atoms with E-state index in [2.05, 4.69) is 32.1 Å². The van der Waals surface area contributed by atoms with Crippen LogP contribution in [0, 0.1) is 0 Å². The van der Waals surface area contributed by atoms with Gasteiger partial charge in [0.1, 0.15) is 28.8 Å². The van der Waals surface area contributed by atoms with Gasteiger partial charge < -0.3 is 34.1 Å². The van der Waals surface area contributed by atoms with Crippen molar-refractivity contribution in [1.82, 2.24) is 14.9 Å². The van der Waals surface area contributed by atoms with E-state index in [0.717, 1.165) is 49.7 Å². The van der Waals surface area contributed by atoms with Crippen LogP contribution >= 0.6 is 0 Å². The molecule has 0 radical (unpaired) electrons. The summed E-state index contributed by atoms with van der Waals surface area (Å²) in [5, 5.41) is 3.20. The molecule has 1 aliphatic rings. The van der Waals surface area contributed by atoms with Crippen LogP contribution in [0.5, 0.6) is 23.0 Å². The lowest BCUT2D eigenvalue weighted by Gasteiger charge is -2.34. The van der Waals surface area contributed by atoms with E-state index in [4.69, 9.17) is 18.9 Å². The largest absolute Gasteiger partial charge is 0.497 e. The predicted octanol–water partition coefficient (Wildman–Crippen LogP) is 7.78. The number of nitrogens with zero attached hydrogens (tertiary/aromatic N) is 5. The first-order valence-electron chi connectivity index (χ1n) is 17.2. The number of anilines is 5. The first-order chi connectivity index (χ1) is 26.4. The van der Waals surface area contributed by atoms with E-state index in [0.29, 0.717) is 11.3 Å². The Balaban J connectivity index is 1.28. The van der Waals surface area contributed by atoms with E-state index in [1.54, 1.807) is 18.2 Å². The van der Waals surface area contributed by atoms with Gasteiger partial charge in [0.15, 0.2) is 5.78 Å². The van der Waals surface area contributed by atoms with Crippen LogP contribution in [0.4, 0.5) is 46.8 Å². The maximum atomic E-state index is 14.2. The number of ether oxygens (including phenoxy) is 4. The van der Waals surface area contributed by atoms with Crippen LogP contribution in [-0.2, 0) is 12.6 Å². The lowest BCUT2D eigenvalue weighted by molar-refractivity contribution is -0.137. The number of piperazine rings is 1. The third kappa shape index (κ3) is 9.42. The Morgan fingerprint density at radius 1 is 0.818 bits per heavy atom. The highest BCUT2D eigenvalue weighted by Crippen LogP contribution is 2.38. The number of halogens is 3. The predicted molar refractivity (Wildman–Crippen MR) is 202 cm³/mol. The molecule has 55 heavy (non-hydrogen) atoms. The van der Waals surface area contributed by atoms with Gasteiger partial charge in [-0.05, 0) is 73.3 Å². The number of alkyl halides is 3. The molecule has 0 saturated carbocycles. The third-order valence-corrected chi connectivity index (χ3v) is 8.93. The lowest BCUT2D eigenvalue weighted by Crippen LogP contribution is -2.44. The van der Waals surface area contributed by atoms with Crippen molar-refractivity contribution in [3.05, 3.63) is 114 Å². The summed E-state index contributed by atoms with van der Waals surface area (Å²) in [6, 6.07) is 22.9. The molecule has 6 rings (SSSR count). The molecule has 1 N–H and O–H groups in total. The Morgan fingerprint density at radius 2 is 1.55 bits per heavy atom. The van der Waals surface area contributed by atoms with Crippen LogP contribution in [0.15, 0.2) is 97.2 Å². The van der Waals surface area contributed by atoms with Gasteiger partial charge in [0.2, 0.25) is 5.95 Å². The van der Waals surface area contributed by atoms with Gasteiger partial charge in [-0.25, -0.2) is 14.7 Å². The molecule has 12 nitrogen and oxygen atoms in total. The molecule has 15 heteroatoms. The molecule has 1 aromatic heterocycles. The van der Waals surface area contributed by atoms with Gasteiger partial charge in [-0.1, -0.05) is 12.1 Å². The fourth-order valence-electron chi connectivity index (χ4n) is 5.98. The standard InChI is InChI=1S/C40H39F3N6O6/c1-47-16-18-48(19-17-47)30-10-8-29(9-11-30)45-38-44-15-14-37(46-38)49(34-13-12-31(52-2)25-36(34)54-4)39(51)55-33-21-26(20-32(24-33)53-3)22-35(50)27-6-5-7-28(23-27)40(41,42)43/h5-15,20-21,23-25H,16-19,22H2,1-4H3,(H,44,45,46). The number of hydrogen-bond donors (Lipinski definition) is 1. The number of rotatable bonds is 12. The van der Waals surface area contributed by atoms with E-state index >= 15 is 0 Å². The number of methoxy groups -OCH3 is 3. The smallest absolute Gasteiger partial charge is 0.425 e. The lowest BCUT2D eigenvalue weighted by atomic mass is 10.0. The summed E-state index contributed by atoms with van der Waals surface area (Å²) < 4.78 is 62.2. The van der Waals surface area contributed by atoms with Crippen LogP contribution in [0.3, 0.4) is 0 Å². The molecule has 1 fully saturated rings. The minimum absolute atomic E-state index is 0.00140. The highest BCUT2D eigenvalue weighted by molar-refractivity contribution is 5.99. The molecule has 2 heterocycles. The summed E-state index contributed by atoms with van der Waals surface area (Å²) in [5.41, 5.74) is 1.38. The number of hydrogen-bond acceptors (Lipinski definition) is 11. The van der Waals surface area contributed by atoms with Crippen LogP contribution < -0.4 is 34.1 Å². The molecule has 0 bridgehead atoms. The van der Waals surface area contributed by atoms with Gasteiger partial charge in [-0.15, -0.1) is 0 Å². The first kappa shape index (κ1) is 38.4.